The number of hydrogen-bond acceptors (Lipinski definition) is 7. The molecular weight excluding hydrogens is 420 g/mol. The fraction of sp³-hybridized carbons (Fsp3) is 0.286. The molecule has 2 aromatic carbocycles. The van der Waals surface area contributed by atoms with Crippen molar-refractivity contribution in [2.75, 3.05) is 15.8 Å². The lowest BCUT2D eigenvalue weighted by molar-refractivity contribution is -0.121. The molecule has 3 heterocycles. The van der Waals surface area contributed by atoms with Crippen LogP contribution in [0.15, 0.2) is 51.9 Å². The Kier molecular flexibility index (Phi) is 4.47. The molecule has 3 aromatic rings. The second-order valence-electron chi connectivity index (χ2n) is 7.61. The monoisotopic (exact) mass is 440 g/mol. The molecule has 2 aliphatic rings. The maximum Gasteiger partial charge on any atom is 0.265 e. The summed E-state index contributed by atoms with van der Waals surface area (Å²) in [5.41, 5.74) is 2.03. The maximum atomic E-state index is 13.6. The summed E-state index contributed by atoms with van der Waals surface area (Å²) in [6.45, 7) is 3.45. The molecule has 2 aliphatic heterocycles. The van der Waals surface area contributed by atoms with Crippen LogP contribution >= 0.6 is 0 Å². The Balaban J connectivity index is 1.55. The van der Waals surface area contributed by atoms with Crippen molar-refractivity contribution in [3.63, 3.8) is 0 Å². The van der Waals surface area contributed by atoms with Gasteiger partial charge < -0.3 is 9.26 Å². The van der Waals surface area contributed by atoms with Crippen molar-refractivity contribution in [1.82, 2.24) is 10.1 Å². The highest BCUT2D eigenvalue weighted by Crippen LogP contribution is 2.40. The summed E-state index contributed by atoms with van der Waals surface area (Å²) in [5.74, 6) is 0.820. The van der Waals surface area contributed by atoms with Gasteiger partial charge in [-0.25, -0.2) is 8.42 Å². The van der Waals surface area contributed by atoms with Crippen LogP contribution in [-0.4, -0.2) is 37.1 Å². The Labute approximate surface area is 179 Å². The number of rotatable bonds is 4. The van der Waals surface area contributed by atoms with Crippen LogP contribution in [0, 0.1) is 6.92 Å². The van der Waals surface area contributed by atoms with Gasteiger partial charge in [-0.15, -0.1) is 0 Å². The molecule has 5 rings (SSSR count). The number of amides is 1. The van der Waals surface area contributed by atoms with E-state index in [2.05, 4.69) is 10.1 Å². The minimum Gasteiger partial charge on any atom is -0.482 e. The highest BCUT2D eigenvalue weighted by atomic mass is 32.2. The average molecular weight is 440 g/mol. The highest BCUT2D eigenvalue weighted by molar-refractivity contribution is 7.92. The molecule has 0 saturated carbocycles. The van der Waals surface area contributed by atoms with E-state index in [1.54, 1.807) is 13.0 Å². The van der Waals surface area contributed by atoms with Crippen LogP contribution in [0.5, 0.6) is 5.75 Å². The first-order valence-corrected chi connectivity index (χ1v) is 11.3. The fourth-order valence-corrected chi connectivity index (χ4v) is 5.79. The zero-order valence-corrected chi connectivity index (χ0v) is 17.8. The number of aryl methyl sites for hydroxylation is 1. The first-order valence-electron chi connectivity index (χ1n) is 9.83. The summed E-state index contributed by atoms with van der Waals surface area (Å²) in [6.07, 6.45) is 0.644. The van der Waals surface area contributed by atoms with Gasteiger partial charge in [0.15, 0.2) is 12.4 Å². The van der Waals surface area contributed by atoms with Crippen molar-refractivity contribution in [2.24, 2.45) is 0 Å². The lowest BCUT2D eigenvalue weighted by Crippen LogP contribution is -2.39. The molecular formula is C21H20N4O5S. The van der Waals surface area contributed by atoms with E-state index in [1.165, 1.54) is 21.3 Å². The predicted octanol–water partition coefficient (Wildman–Crippen LogP) is 2.44. The van der Waals surface area contributed by atoms with Crippen LogP contribution in [-0.2, 0) is 27.8 Å². The van der Waals surface area contributed by atoms with E-state index in [-0.39, 0.29) is 30.0 Å². The van der Waals surface area contributed by atoms with Gasteiger partial charge in [0, 0.05) is 13.0 Å². The van der Waals surface area contributed by atoms with Gasteiger partial charge in [0.25, 0.3) is 15.9 Å². The third-order valence-electron chi connectivity index (χ3n) is 5.44. The quantitative estimate of drug-likeness (QED) is 0.613. The second-order valence-corrected chi connectivity index (χ2v) is 9.43. The molecule has 0 N–H and O–H groups in total. The lowest BCUT2D eigenvalue weighted by Gasteiger charge is -2.30. The molecule has 10 heteroatoms. The van der Waals surface area contributed by atoms with Crippen molar-refractivity contribution >= 4 is 27.3 Å². The van der Waals surface area contributed by atoms with Crippen LogP contribution in [0.1, 0.15) is 24.2 Å². The minimum absolute atomic E-state index is 0.0545. The van der Waals surface area contributed by atoms with Crippen LogP contribution in [0.2, 0.25) is 0 Å². The summed E-state index contributed by atoms with van der Waals surface area (Å²) in [7, 11) is -3.85. The molecule has 1 amide bonds. The topological polar surface area (TPSA) is 106 Å². The summed E-state index contributed by atoms with van der Waals surface area (Å²) >= 11 is 0. The van der Waals surface area contributed by atoms with Crippen LogP contribution in [0.3, 0.4) is 0 Å². The molecule has 0 bridgehead atoms. The van der Waals surface area contributed by atoms with E-state index >= 15 is 0 Å². The van der Waals surface area contributed by atoms with E-state index in [0.29, 0.717) is 35.3 Å². The smallest absolute Gasteiger partial charge is 0.265 e. The van der Waals surface area contributed by atoms with E-state index < -0.39 is 10.0 Å². The second kappa shape index (κ2) is 7.09. The predicted molar refractivity (Wildman–Crippen MR) is 111 cm³/mol. The molecule has 160 valence electrons. The third-order valence-corrected chi connectivity index (χ3v) is 7.37. The van der Waals surface area contributed by atoms with Gasteiger partial charge in [-0.1, -0.05) is 23.4 Å². The van der Waals surface area contributed by atoms with Crippen LogP contribution < -0.4 is 13.9 Å². The number of nitrogens with zero attached hydrogens (tertiary/aromatic N) is 4. The average Bonchev–Trinajstić information content (AvgIpc) is 3.31. The molecule has 9 nitrogen and oxygen atoms in total. The van der Waals surface area contributed by atoms with Crippen molar-refractivity contribution in [2.45, 2.75) is 37.8 Å². The van der Waals surface area contributed by atoms with Crippen LogP contribution in [0.4, 0.5) is 11.4 Å². The Morgan fingerprint density at radius 3 is 2.74 bits per heavy atom. The van der Waals surface area contributed by atoms with E-state index in [0.717, 1.165) is 5.56 Å². The molecule has 0 unspecified atom stereocenters. The maximum absolute atomic E-state index is 13.6. The zero-order chi connectivity index (χ0) is 21.8. The number of aromatic nitrogens is 2. The zero-order valence-electron chi connectivity index (χ0n) is 17.0. The first kappa shape index (κ1) is 19.6. The van der Waals surface area contributed by atoms with E-state index in [1.807, 2.05) is 31.2 Å². The molecule has 0 spiro atoms. The molecule has 31 heavy (non-hydrogen) atoms. The Hall–Kier alpha value is -3.40. The van der Waals surface area contributed by atoms with Gasteiger partial charge in [0.05, 0.1) is 22.8 Å². The number of anilines is 2. The van der Waals surface area contributed by atoms with Gasteiger partial charge in [-0.05, 0) is 43.2 Å². The van der Waals surface area contributed by atoms with E-state index in [4.69, 9.17) is 9.26 Å². The number of ether oxygens (including phenoxy) is 1. The Morgan fingerprint density at radius 1 is 1.16 bits per heavy atom. The number of sulfonamides is 1. The van der Waals surface area contributed by atoms with Crippen molar-refractivity contribution in [3.8, 4) is 5.75 Å². The van der Waals surface area contributed by atoms with Crippen molar-refractivity contribution < 1.29 is 22.5 Å². The normalized spacial score (nSPS) is 18.0. The standard InChI is InChI=1S/C21H20N4O5S/c1-13-9-15-5-3-4-6-17(15)25(13)31(27,28)16-7-8-19-18(10-16)24(21(26)12-29-19)11-20-22-14(2)30-23-20/h3-8,10,13H,9,11-12H2,1-2H3/t13-/m0/s1. The molecule has 0 aliphatic carbocycles. The largest absolute Gasteiger partial charge is 0.482 e. The number of benzene rings is 2. The molecule has 0 fully saturated rings. The summed E-state index contributed by atoms with van der Waals surface area (Å²) in [6, 6.07) is 11.8. The van der Waals surface area contributed by atoms with Gasteiger partial charge in [-0.2, -0.15) is 4.98 Å². The highest BCUT2D eigenvalue weighted by Gasteiger charge is 2.37. The number of para-hydroxylation sites is 1. The van der Waals surface area contributed by atoms with E-state index in [9.17, 15) is 13.2 Å². The number of fused-ring (bicyclic) bond motifs is 2. The number of carbonyl (C=O) groups excluding carboxylic acids is 1. The van der Waals surface area contributed by atoms with Gasteiger partial charge >= 0.3 is 0 Å². The number of carbonyl (C=O) groups is 1. The van der Waals surface area contributed by atoms with Gasteiger partial charge in [0.1, 0.15) is 5.75 Å². The minimum atomic E-state index is -3.85. The number of hydrogen-bond donors (Lipinski definition) is 0. The SMILES string of the molecule is Cc1nc(CN2C(=O)COc3ccc(S(=O)(=O)N4c5ccccc5C[C@@H]4C)cc32)no1. The summed E-state index contributed by atoms with van der Waals surface area (Å²) < 4.78 is 39.1. The van der Waals surface area contributed by atoms with Crippen LogP contribution in [0.25, 0.3) is 0 Å². The Morgan fingerprint density at radius 2 is 1.97 bits per heavy atom. The molecule has 1 atom stereocenters. The Bertz CT molecular complexity index is 1290. The summed E-state index contributed by atoms with van der Waals surface area (Å²) in [5, 5.41) is 3.84. The molecule has 0 saturated heterocycles. The lowest BCUT2D eigenvalue weighted by atomic mass is 10.1. The van der Waals surface area contributed by atoms with Crippen molar-refractivity contribution in [1.29, 1.82) is 0 Å². The fourth-order valence-electron chi connectivity index (χ4n) is 4.08. The summed E-state index contributed by atoms with van der Waals surface area (Å²) in [4.78, 5) is 18.2. The van der Waals surface area contributed by atoms with Gasteiger partial charge in [-0.3, -0.25) is 14.0 Å². The van der Waals surface area contributed by atoms with Gasteiger partial charge in [0.2, 0.25) is 5.89 Å². The first-order chi connectivity index (χ1) is 14.8. The molecule has 0 radical (unpaired) electrons. The molecule has 1 aromatic heterocycles. The van der Waals surface area contributed by atoms with Crippen molar-refractivity contribution in [3.05, 3.63) is 59.7 Å². The third kappa shape index (κ3) is 3.23.